The second kappa shape index (κ2) is 13.9. The van der Waals surface area contributed by atoms with Gasteiger partial charge < -0.3 is 21.7 Å². The van der Waals surface area contributed by atoms with Crippen molar-refractivity contribution in [1.29, 1.82) is 10.8 Å². The lowest BCUT2D eigenvalue weighted by Crippen LogP contribution is -2.20. The van der Waals surface area contributed by atoms with E-state index >= 15 is 0 Å². The average molecular weight is 683 g/mol. The summed E-state index contributed by atoms with van der Waals surface area (Å²) >= 11 is 0. The van der Waals surface area contributed by atoms with Gasteiger partial charge in [0.05, 0.1) is 22.2 Å². The number of fused-ring (bicyclic) bond motifs is 2. The molecule has 4 aromatic carbocycles. The fourth-order valence-electron chi connectivity index (χ4n) is 5.85. The van der Waals surface area contributed by atoms with Crippen molar-refractivity contribution in [2.45, 2.75) is 20.8 Å². The molecule has 6 rings (SSSR count). The summed E-state index contributed by atoms with van der Waals surface area (Å²) in [6, 6.07) is 24.0. The number of nitrogen functional groups attached to an aromatic ring is 1. The van der Waals surface area contributed by atoms with Crippen LogP contribution in [0, 0.1) is 31.6 Å². The lowest BCUT2D eigenvalue weighted by atomic mass is 10.0. The minimum absolute atomic E-state index is 0.144. The number of aryl methyl sites for hydroxylation is 3. The standard InChI is InChI=1S/C37H34N10O4/c1-18-12-21(34(39)46-50)8-11-28(18)44-36(48)26-16-31(38)42-30-15-23(9-10-25(26)30)41-32-17-27(24-6-4-5-7-29(24)43-32)37(49)45-33-19(2)13-22(14-20(33)3)35(40)47-51/h4-17,50-51H,1-3H3,(H2,38,42)(H2,39,46)(H2,40,47)(H,41,43)(H,44,48)(H,45,49). The fourth-order valence-corrected chi connectivity index (χ4v) is 5.85. The average Bonchev–Trinajstić information content (AvgIpc) is 3.12. The van der Waals surface area contributed by atoms with E-state index in [4.69, 9.17) is 32.0 Å². The van der Waals surface area contributed by atoms with Crippen LogP contribution in [0.4, 0.5) is 28.7 Å². The van der Waals surface area contributed by atoms with Gasteiger partial charge in [-0.3, -0.25) is 41.8 Å². The molecular formula is C37H34N10O4. The zero-order valence-corrected chi connectivity index (χ0v) is 27.8. The molecule has 0 atom stereocenters. The van der Waals surface area contributed by atoms with Crippen LogP contribution in [0.25, 0.3) is 21.8 Å². The number of amides is 2. The molecule has 0 spiro atoms. The van der Waals surface area contributed by atoms with Crippen LogP contribution in [-0.4, -0.2) is 43.9 Å². The molecule has 2 amide bonds. The smallest absolute Gasteiger partial charge is 0.256 e. The number of carbonyl (C=O) groups is 2. The van der Waals surface area contributed by atoms with Crippen molar-refractivity contribution >= 4 is 74.0 Å². The Morgan fingerprint density at radius 1 is 0.667 bits per heavy atom. The Kier molecular flexibility index (Phi) is 9.27. The molecule has 14 nitrogen and oxygen atoms in total. The molecule has 0 saturated carbocycles. The summed E-state index contributed by atoms with van der Waals surface area (Å²) in [6.07, 6.45) is 0. The van der Waals surface area contributed by atoms with Crippen LogP contribution < -0.4 is 32.6 Å². The van der Waals surface area contributed by atoms with Crippen LogP contribution in [0.2, 0.25) is 0 Å². The number of nitrogens with one attached hydrogen (secondary N) is 7. The summed E-state index contributed by atoms with van der Waals surface area (Å²) in [5.74, 6) is -0.544. The van der Waals surface area contributed by atoms with E-state index < -0.39 is 5.91 Å². The number of carbonyl (C=O) groups excluding carboxylic acids is 2. The lowest BCUT2D eigenvalue weighted by Gasteiger charge is -2.16. The highest BCUT2D eigenvalue weighted by atomic mass is 16.5. The van der Waals surface area contributed by atoms with Crippen molar-refractivity contribution in [1.82, 2.24) is 20.9 Å². The third-order valence-electron chi connectivity index (χ3n) is 8.35. The predicted octanol–water partition coefficient (Wildman–Crippen LogP) is 6.15. The van der Waals surface area contributed by atoms with Crippen molar-refractivity contribution < 1.29 is 20.0 Å². The molecule has 0 fully saturated rings. The number of anilines is 5. The quantitative estimate of drug-likeness (QED) is 0.0500. The Bertz CT molecular complexity index is 2390. The Hall–Kier alpha value is -6.90. The maximum atomic E-state index is 13.8. The van der Waals surface area contributed by atoms with Gasteiger partial charge in [0, 0.05) is 39.0 Å². The molecule has 2 heterocycles. The second-order valence-electron chi connectivity index (χ2n) is 11.9. The monoisotopic (exact) mass is 682 g/mol. The molecule has 6 aromatic rings. The van der Waals surface area contributed by atoms with E-state index in [1.807, 2.05) is 49.1 Å². The van der Waals surface area contributed by atoms with Gasteiger partial charge in [-0.15, -0.1) is 0 Å². The Morgan fingerprint density at radius 2 is 1.29 bits per heavy atom. The van der Waals surface area contributed by atoms with Crippen LogP contribution in [0.3, 0.4) is 0 Å². The van der Waals surface area contributed by atoms with Crippen LogP contribution in [-0.2, 0) is 0 Å². The maximum absolute atomic E-state index is 13.8. The van der Waals surface area contributed by atoms with Gasteiger partial charge in [0.2, 0.25) is 0 Å². The molecule has 2 aromatic heterocycles. The van der Waals surface area contributed by atoms with Crippen molar-refractivity contribution in [3.8, 4) is 0 Å². The number of para-hydroxylation sites is 1. The normalized spacial score (nSPS) is 10.8. The van der Waals surface area contributed by atoms with E-state index in [9.17, 15) is 9.59 Å². The number of hydrogen-bond acceptors (Lipinski definition) is 10. The molecule has 0 aliphatic carbocycles. The zero-order chi connectivity index (χ0) is 36.4. The first-order chi connectivity index (χ1) is 24.4. The molecule has 14 heteroatoms. The molecule has 11 N–H and O–H groups in total. The molecular weight excluding hydrogens is 648 g/mol. The molecule has 0 aliphatic heterocycles. The molecule has 0 radical (unpaired) electrons. The van der Waals surface area contributed by atoms with Gasteiger partial charge in [-0.1, -0.05) is 18.2 Å². The first-order valence-corrected chi connectivity index (χ1v) is 15.7. The number of hydrogen-bond donors (Lipinski definition) is 10. The fraction of sp³-hybridized carbons (Fsp3) is 0.0811. The Balaban J connectivity index is 1.29. The maximum Gasteiger partial charge on any atom is 0.256 e. The van der Waals surface area contributed by atoms with Gasteiger partial charge in [0.25, 0.3) is 11.8 Å². The highest BCUT2D eigenvalue weighted by Crippen LogP contribution is 2.30. The number of benzene rings is 4. The van der Waals surface area contributed by atoms with Gasteiger partial charge in [0.15, 0.2) is 0 Å². The molecule has 256 valence electrons. The van der Waals surface area contributed by atoms with Crippen molar-refractivity contribution in [3.63, 3.8) is 0 Å². The minimum Gasteiger partial charge on any atom is -0.384 e. The van der Waals surface area contributed by atoms with Gasteiger partial charge >= 0.3 is 0 Å². The third kappa shape index (κ3) is 6.98. The molecule has 0 unspecified atom stereocenters. The van der Waals surface area contributed by atoms with Crippen LogP contribution in [0.15, 0.2) is 84.9 Å². The van der Waals surface area contributed by atoms with Crippen LogP contribution in [0.5, 0.6) is 0 Å². The zero-order valence-electron chi connectivity index (χ0n) is 27.8. The van der Waals surface area contributed by atoms with E-state index in [1.165, 1.54) is 6.07 Å². The summed E-state index contributed by atoms with van der Waals surface area (Å²) in [7, 11) is 0. The topological polar surface area (TPSA) is 234 Å². The first kappa shape index (κ1) is 34.0. The van der Waals surface area contributed by atoms with Crippen LogP contribution >= 0.6 is 0 Å². The SMILES string of the molecule is Cc1cc(C(=N)NO)ccc1NC(=O)c1cc(N)nc2cc(Nc3cc(C(=O)Nc4c(C)cc(C(=N)NO)cc4C)c4ccccc4n3)ccc12. The largest absolute Gasteiger partial charge is 0.384 e. The summed E-state index contributed by atoms with van der Waals surface area (Å²) in [5.41, 5.74) is 16.3. The first-order valence-electron chi connectivity index (χ1n) is 15.7. The number of pyridine rings is 2. The Morgan fingerprint density at radius 3 is 2.00 bits per heavy atom. The highest BCUT2D eigenvalue weighted by Gasteiger charge is 2.18. The number of nitrogens with zero attached hydrogens (tertiary/aromatic N) is 2. The van der Waals surface area contributed by atoms with E-state index in [2.05, 4.69) is 20.9 Å². The molecule has 51 heavy (non-hydrogen) atoms. The Labute approximate surface area is 291 Å². The molecule has 0 bridgehead atoms. The van der Waals surface area contributed by atoms with E-state index in [0.29, 0.717) is 72.5 Å². The number of nitrogens with two attached hydrogens (primary N) is 1. The summed E-state index contributed by atoms with van der Waals surface area (Å²) in [6.45, 7) is 5.40. The minimum atomic E-state index is -0.406. The van der Waals surface area contributed by atoms with Crippen molar-refractivity contribution in [3.05, 3.63) is 124 Å². The molecule has 0 aliphatic rings. The summed E-state index contributed by atoms with van der Waals surface area (Å²) in [5, 5.41) is 44.2. The van der Waals surface area contributed by atoms with Gasteiger partial charge in [-0.2, -0.15) is 0 Å². The molecule has 0 saturated heterocycles. The second-order valence-corrected chi connectivity index (χ2v) is 11.9. The van der Waals surface area contributed by atoms with Gasteiger partial charge in [-0.25, -0.2) is 9.97 Å². The van der Waals surface area contributed by atoms with Crippen molar-refractivity contribution in [2.24, 2.45) is 0 Å². The number of aromatic nitrogens is 2. The summed E-state index contributed by atoms with van der Waals surface area (Å²) in [4.78, 5) is 36.4. The van der Waals surface area contributed by atoms with E-state index in [0.717, 1.165) is 11.1 Å². The van der Waals surface area contributed by atoms with Crippen molar-refractivity contribution in [2.75, 3.05) is 21.7 Å². The van der Waals surface area contributed by atoms with E-state index in [-0.39, 0.29) is 23.4 Å². The third-order valence-corrected chi connectivity index (χ3v) is 8.35. The van der Waals surface area contributed by atoms with Crippen LogP contribution in [0.1, 0.15) is 48.5 Å². The van der Waals surface area contributed by atoms with Gasteiger partial charge in [-0.05, 0) is 104 Å². The number of hydroxylamine groups is 2. The number of rotatable bonds is 8. The highest BCUT2D eigenvalue weighted by molar-refractivity contribution is 6.15. The van der Waals surface area contributed by atoms with Gasteiger partial charge in [0.1, 0.15) is 23.3 Å². The number of amidine groups is 2. The lowest BCUT2D eigenvalue weighted by molar-refractivity contribution is 0.102. The summed E-state index contributed by atoms with van der Waals surface area (Å²) < 4.78 is 0. The predicted molar refractivity (Wildman–Crippen MR) is 198 cm³/mol. The van der Waals surface area contributed by atoms with E-state index in [1.54, 1.807) is 61.5 Å².